The Labute approximate surface area is 157 Å². The second-order valence-corrected chi connectivity index (χ2v) is 6.07. The third kappa shape index (κ3) is 3.56. The highest BCUT2D eigenvalue weighted by atomic mass is 19.1. The van der Waals surface area contributed by atoms with Gasteiger partial charge in [-0.15, -0.1) is 0 Å². The fourth-order valence-electron chi connectivity index (χ4n) is 2.90. The number of carboxylic acids is 1. The molecule has 1 aliphatic heterocycles. The highest BCUT2D eigenvalue weighted by molar-refractivity contribution is 5.82. The van der Waals surface area contributed by atoms with Gasteiger partial charge in [0.05, 0.1) is 37.1 Å². The number of nitriles is 1. The van der Waals surface area contributed by atoms with E-state index >= 15 is 0 Å². The Bertz CT molecular complexity index is 1070. The molecule has 28 heavy (non-hydrogen) atoms. The van der Waals surface area contributed by atoms with Gasteiger partial charge >= 0.3 is 12.0 Å². The summed E-state index contributed by atoms with van der Waals surface area (Å²) in [4.78, 5) is 37.2. The summed E-state index contributed by atoms with van der Waals surface area (Å²) >= 11 is 0. The van der Waals surface area contributed by atoms with Crippen molar-refractivity contribution in [3.63, 3.8) is 0 Å². The zero-order valence-corrected chi connectivity index (χ0v) is 14.4. The monoisotopic (exact) mass is 387 g/mol. The zero-order chi connectivity index (χ0) is 20.4. The summed E-state index contributed by atoms with van der Waals surface area (Å²) in [5.41, 5.74) is -0.434. The lowest BCUT2D eigenvalue weighted by atomic mass is 10.1. The number of ether oxygens (including phenoxy) is 1. The highest BCUT2D eigenvalue weighted by Gasteiger charge is 2.28. The summed E-state index contributed by atoms with van der Waals surface area (Å²) in [7, 11) is 0. The Balaban J connectivity index is 2.01. The van der Waals surface area contributed by atoms with E-state index in [1.165, 1.54) is 12.1 Å². The van der Waals surface area contributed by atoms with Gasteiger partial charge in [0.2, 0.25) is 0 Å². The Morgan fingerprint density at radius 1 is 1.32 bits per heavy atom. The minimum atomic E-state index is -1.36. The van der Waals surface area contributed by atoms with E-state index in [-0.39, 0.29) is 41.3 Å². The van der Waals surface area contributed by atoms with Crippen molar-refractivity contribution in [2.45, 2.75) is 19.8 Å². The van der Waals surface area contributed by atoms with E-state index in [1.807, 2.05) is 0 Å². The fourth-order valence-corrected chi connectivity index (χ4v) is 2.90. The molecule has 144 valence electrons. The molecule has 0 fully saturated rings. The minimum absolute atomic E-state index is 0.00208. The second-order valence-electron chi connectivity index (χ2n) is 6.07. The number of aromatic hydroxyl groups is 1. The van der Waals surface area contributed by atoms with Crippen LogP contribution in [-0.4, -0.2) is 38.2 Å². The number of aromatic nitrogens is 1. The number of benzene rings is 1. The van der Waals surface area contributed by atoms with Crippen molar-refractivity contribution < 1.29 is 28.9 Å². The largest absolute Gasteiger partial charge is 0.507 e. The van der Waals surface area contributed by atoms with E-state index in [1.54, 1.807) is 6.07 Å². The van der Waals surface area contributed by atoms with Crippen LogP contribution in [0, 0.1) is 17.1 Å². The van der Waals surface area contributed by atoms with Crippen molar-refractivity contribution in [1.82, 2.24) is 9.47 Å². The molecule has 9 nitrogen and oxygen atoms in total. The lowest BCUT2D eigenvalue weighted by molar-refractivity contribution is -0.137. The molecule has 2 aromatic rings. The van der Waals surface area contributed by atoms with Crippen LogP contribution in [0.4, 0.5) is 9.18 Å². The van der Waals surface area contributed by atoms with E-state index in [0.717, 1.165) is 17.0 Å². The van der Waals surface area contributed by atoms with Crippen LogP contribution in [0.25, 0.3) is 0 Å². The number of hydrogen-bond donors (Lipinski definition) is 2. The van der Waals surface area contributed by atoms with Gasteiger partial charge in [0, 0.05) is 17.2 Å². The molecule has 0 bridgehead atoms. The predicted octanol–water partition coefficient (Wildman–Crippen LogP) is 1.15. The zero-order valence-electron chi connectivity index (χ0n) is 14.4. The van der Waals surface area contributed by atoms with Gasteiger partial charge in [-0.3, -0.25) is 9.59 Å². The van der Waals surface area contributed by atoms with Gasteiger partial charge in [0.15, 0.2) is 0 Å². The number of halogens is 1. The molecule has 0 atom stereocenters. The molecule has 0 saturated heterocycles. The average Bonchev–Trinajstić information content (AvgIpc) is 3.12. The Hall–Kier alpha value is -3.71. The van der Waals surface area contributed by atoms with Crippen LogP contribution in [0.5, 0.6) is 5.75 Å². The first-order valence-corrected chi connectivity index (χ1v) is 8.06. The number of amides is 1. The number of carbonyl (C=O) groups excluding carboxylic acids is 1. The molecule has 0 radical (unpaired) electrons. The Morgan fingerprint density at radius 2 is 2.07 bits per heavy atom. The number of fused-ring (bicyclic) bond motifs is 1. The van der Waals surface area contributed by atoms with E-state index in [9.17, 15) is 23.9 Å². The quantitative estimate of drug-likeness (QED) is 0.804. The SMILES string of the molecule is N#Cc1ccc(CN(CC(=O)O)C(=O)n2c3c(c(O)cc2=O)COC3)c(F)c1. The molecule has 0 saturated carbocycles. The van der Waals surface area contributed by atoms with Gasteiger partial charge < -0.3 is 19.8 Å². The molecule has 0 unspecified atom stereocenters. The number of rotatable bonds is 4. The number of pyridine rings is 1. The summed E-state index contributed by atoms with van der Waals surface area (Å²) in [6, 6.07) is 5.19. The van der Waals surface area contributed by atoms with Crippen molar-refractivity contribution in [2.75, 3.05) is 6.54 Å². The van der Waals surface area contributed by atoms with Gasteiger partial charge in [0.1, 0.15) is 18.1 Å². The predicted molar refractivity (Wildman–Crippen MR) is 90.8 cm³/mol. The molecular weight excluding hydrogens is 373 g/mol. The molecule has 2 N–H and O–H groups in total. The molecule has 3 rings (SSSR count). The van der Waals surface area contributed by atoms with Crippen molar-refractivity contribution >= 4 is 12.0 Å². The average molecular weight is 387 g/mol. The van der Waals surface area contributed by atoms with Crippen molar-refractivity contribution in [2.24, 2.45) is 0 Å². The first-order chi connectivity index (χ1) is 13.3. The van der Waals surface area contributed by atoms with Crippen LogP contribution >= 0.6 is 0 Å². The third-order valence-electron chi connectivity index (χ3n) is 4.22. The number of carboxylic acid groups (broad SMARTS) is 1. The van der Waals surface area contributed by atoms with E-state index in [4.69, 9.17) is 15.1 Å². The molecule has 1 amide bonds. The first-order valence-electron chi connectivity index (χ1n) is 8.06. The maximum atomic E-state index is 14.2. The lowest BCUT2D eigenvalue weighted by Crippen LogP contribution is -2.43. The highest BCUT2D eigenvalue weighted by Crippen LogP contribution is 2.26. The van der Waals surface area contributed by atoms with Gasteiger partial charge in [-0.05, 0) is 12.1 Å². The fraction of sp³-hybridized carbons (Fsp3) is 0.222. The first kappa shape index (κ1) is 19.1. The summed E-state index contributed by atoms with van der Waals surface area (Å²) < 4.78 is 20.1. The molecule has 1 aromatic heterocycles. The normalized spacial score (nSPS) is 12.3. The summed E-state index contributed by atoms with van der Waals surface area (Å²) in [6.45, 7) is -1.35. The van der Waals surface area contributed by atoms with Crippen LogP contribution in [0.1, 0.15) is 22.4 Å². The van der Waals surface area contributed by atoms with Crippen LogP contribution in [0.3, 0.4) is 0 Å². The van der Waals surface area contributed by atoms with Gasteiger partial charge in [-0.2, -0.15) is 5.26 Å². The van der Waals surface area contributed by atoms with Gasteiger partial charge in [0.25, 0.3) is 5.56 Å². The molecule has 0 aliphatic carbocycles. The standard InChI is InChI=1S/C18H14FN3O6/c19-13-3-10(5-20)1-2-11(13)6-21(7-17(25)26)18(27)22-14-9-28-8-12(14)15(23)4-16(22)24/h1-4,23H,6-9H2,(H,25,26). The van der Waals surface area contributed by atoms with Crippen LogP contribution < -0.4 is 5.56 Å². The topological polar surface area (TPSA) is 133 Å². The number of aliphatic carboxylic acids is 1. The summed E-state index contributed by atoms with van der Waals surface area (Å²) in [5, 5.41) is 27.8. The van der Waals surface area contributed by atoms with Gasteiger partial charge in [-0.25, -0.2) is 13.8 Å². The van der Waals surface area contributed by atoms with E-state index in [2.05, 4.69) is 0 Å². The van der Waals surface area contributed by atoms with Crippen molar-refractivity contribution in [3.8, 4) is 11.8 Å². The second kappa shape index (κ2) is 7.50. The molecule has 2 heterocycles. The van der Waals surface area contributed by atoms with Crippen LogP contribution in [0.2, 0.25) is 0 Å². The maximum Gasteiger partial charge on any atom is 0.332 e. The Morgan fingerprint density at radius 3 is 2.71 bits per heavy atom. The van der Waals surface area contributed by atoms with Crippen molar-refractivity contribution in [3.05, 3.63) is 62.8 Å². The third-order valence-corrected chi connectivity index (χ3v) is 4.22. The molecule has 1 aromatic carbocycles. The maximum absolute atomic E-state index is 14.2. The minimum Gasteiger partial charge on any atom is -0.507 e. The molecule has 10 heteroatoms. The summed E-state index contributed by atoms with van der Waals surface area (Å²) in [5.74, 6) is -2.46. The molecule has 1 aliphatic rings. The number of hydrogen-bond acceptors (Lipinski definition) is 6. The number of carbonyl (C=O) groups is 2. The molecular formula is C18H14FN3O6. The van der Waals surface area contributed by atoms with Crippen LogP contribution in [0.15, 0.2) is 29.1 Å². The smallest absolute Gasteiger partial charge is 0.332 e. The Kier molecular flexibility index (Phi) is 5.10. The lowest BCUT2D eigenvalue weighted by Gasteiger charge is -2.23. The van der Waals surface area contributed by atoms with E-state index < -0.39 is 36.5 Å². The molecule has 0 spiro atoms. The summed E-state index contributed by atoms with van der Waals surface area (Å²) in [6.07, 6.45) is 0. The van der Waals surface area contributed by atoms with Crippen molar-refractivity contribution in [1.29, 1.82) is 5.26 Å². The number of nitrogens with zero attached hydrogens (tertiary/aromatic N) is 3. The van der Waals surface area contributed by atoms with Gasteiger partial charge in [-0.1, -0.05) is 6.07 Å². The van der Waals surface area contributed by atoms with Crippen LogP contribution in [-0.2, 0) is 29.3 Å². The van der Waals surface area contributed by atoms with E-state index in [0.29, 0.717) is 4.57 Å².